The Labute approximate surface area is 135 Å². The van der Waals surface area contributed by atoms with Crippen LogP contribution >= 0.6 is 0 Å². The minimum Gasteiger partial charge on any atom is -0.497 e. The largest absolute Gasteiger partial charge is 0.497 e. The van der Waals surface area contributed by atoms with Crippen molar-refractivity contribution in [1.29, 1.82) is 0 Å². The highest BCUT2D eigenvalue weighted by atomic mass is 16.5. The number of benzene rings is 1. The molecule has 23 heavy (non-hydrogen) atoms. The lowest BCUT2D eigenvalue weighted by Crippen LogP contribution is -2.37. The van der Waals surface area contributed by atoms with Gasteiger partial charge in [0.25, 0.3) is 0 Å². The van der Waals surface area contributed by atoms with Crippen molar-refractivity contribution < 1.29 is 28.9 Å². The number of carboxylic acids is 1. The van der Waals surface area contributed by atoms with Crippen LogP contribution in [0.1, 0.15) is 18.9 Å². The Hall–Kier alpha value is -2.28. The van der Waals surface area contributed by atoms with Gasteiger partial charge in [-0.25, -0.2) is 0 Å². The summed E-state index contributed by atoms with van der Waals surface area (Å²) in [6, 6.07) is 5.17. The molecule has 0 atom stereocenters. The zero-order valence-electron chi connectivity index (χ0n) is 13.7. The van der Waals surface area contributed by atoms with E-state index in [2.05, 4.69) is 0 Å². The van der Waals surface area contributed by atoms with E-state index in [1.165, 1.54) is 19.1 Å². The van der Waals surface area contributed by atoms with Gasteiger partial charge in [0.1, 0.15) is 24.7 Å². The van der Waals surface area contributed by atoms with E-state index in [9.17, 15) is 9.59 Å². The van der Waals surface area contributed by atoms with Crippen molar-refractivity contribution in [3.05, 3.63) is 23.8 Å². The molecule has 1 amide bonds. The summed E-state index contributed by atoms with van der Waals surface area (Å²) in [4.78, 5) is 24.4. The lowest BCUT2D eigenvalue weighted by atomic mass is 10.2. The van der Waals surface area contributed by atoms with E-state index >= 15 is 0 Å². The standard InChI is InChI=1S/C16H23NO6/c1-4-5-23-11-15(18)17(10-16(19)20)9-12-6-13(21-2)8-14(7-12)22-3/h6-8H,4-5,9-11H2,1-3H3,(H,19,20). The molecular formula is C16H23NO6. The summed E-state index contributed by atoms with van der Waals surface area (Å²) < 4.78 is 15.6. The Morgan fingerprint density at radius 1 is 1.13 bits per heavy atom. The molecule has 7 heteroatoms. The molecule has 0 fully saturated rings. The van der Waals surface area contributed by atoms with E-state index in [-0.39, 0.29) is 19.1 Å². The number of aliphatic carboxylic acids is 1. The number of nitrogens with zero attached hydrogens (tertiary/aromatic N) is 1. The molecule has 0 spiro atoms. The molecule has 1 aromatic carbocycles. The Morgan fingerprint density at radius 2 is 1.74 bits per heavy atom. The van der Waals surface area contributed by atoms with E-state index in [1.54, 1.807) is 18.2 Å². The Bertz CT molecular complexity index is 509. The molecule has 128 valence electrons. The molecule has 0 aliphatic heterocycles. The second-order valence-corrected chi connectivity index (χ2v) is 4.92. The van der Waals surface area contributed by atoms with Crippen LogP contribution in [-0.4, -0.2) is 55.9 Å². The SMILES string of the molecule is CCCOCC(=O)N(CC(=O)O)Cc1cc(OC)cc(OC)c1. The van der Waals surface area contributed by atoms with Crippen molar-refractivity contribution in [1.82, 2.24) is 4.90 Å². The van der Waals surface area contributed by atoms with Gasteiger partial charge in [-0.05, 0) is 24.1 Å². The van der Waals surface area contributed by atoms with Crippen molar-refractivity contribution in [2.75, 3.05) is 34.0 Å². The fourth-order valence-electron chi connectivity index (χ4n) is 1.97. The zero-order chi connectivity index (χ0) is 17.2. The number of methoxy groups -OCH3 is 2. The minimum absolute atomic E-state index is 0.133. The van der Waals surface area contributed by atoms with Crippen LogP contribution in [0.4, 0.5) is 0 Å². The molecular weight excluding hydrogens is 302 g/mol. The number of carbonyl (C=O) groups excluding carboxylic acids is 1. The van der Waals surface area contributed by atoms with Crippen LogP contribution in [0.2, 0.25) is 0 Å². The molecule has 0 unspecified atom stereocenters. The van der Waals surface area contributed by atoms with Crippen molar-refractivity contribution in [2.45, 2.75) is 19.9 Å². The first-order chi connectivity index (χ1) is 11.0. The van der Waals surface area contributed by atoms with Gasteiger partial charge in [0.2, 0.25) is 5.91 Å². The summed E-state index contributed by atoms with van der Waals surface area (Å²) in [7, 11) is 3.05. The predicted octanol–water partition coefficient (Wildman–Crippen LogP) is 1.54. The van der Waals surface area contributed by atoms with E-state index in [0.717, 1.165) is 6.42 Å². The van der Waals surface area contributed by atoms with Crippen LogP contribution in [-0.2, 0) is 20.9 Å². The van der Waals surface area contributed by atoms with Gasteiger partial charge >= 0.3 is 5.97 Å². The summed E-state index contributed by atoms with van der Waals surface area (Å²) in [6.45, 7) is 1.99. The lowest BCUT2D eigenvalue weighted by Gasteiger charge is -2.21. The fraction of sp³-hybridized carbons (Fsp3) is 0.500. The molecule has 7 nitrogen and oxygen atoms in total. The van der Waals surface area contributed by atoms with Crippen LogP contribution in [0.25, 0.3) is 0 Å². The molecule has 1 aromatic rings. The summed E-state index contributed by atoms with van der Waals surface area (Å²) >= 11 is 0. The van der Waals surface area contributed by atoms with Gasteiger partial charge in [-0.15, -0.1) is 0 Å². The quantitative estimate of drug-likeness (QED) is 0.657. The first kappa shape index (κ1) is 18.8. The monoisotopic (exact) mass is 325 g/mol. The number of hydrogen-bond acceptors (Lipinski definition) is 5. The summed E-state index contributed by atoms with van der Waals surface area (Å²) in [5, 5.41) is 9.00. The summed E-state index contributed by atoms with van der Waals surface area (Å²) in [6.07, 6.45) is 0.791. The molecule has 0 saturated heterocycles. The average molecular weight is 325 g/mol. The van der Waals surface area contributed by atoms with Crippen molar-refractivity contribution in [3.8, 4) is 11.5 Å². The highest BCUT2D eigenvalue weighted by Crippen LogP contribution is 2.23. The van der Waals surface area contributed by atoms with Crippen molar-refractivity contribution >= 4 is 11.9 Å². The van der Waals surface area contributed by atoms with E-state index in [4.69, 9.17) is 19.3 Å². The van der Waals surface area contributed by atoms with Crippen LogP contribution in [0, 0.1) is 0 Å². The first-order valence-electron chi connectivity index (χ1n) is 7.29. The molecule has 0 saturated carbocycles. The van der Waals surface area contributed by atoms with Gasteiger partial charge < -0.3 is 24.2 Å². The number of carbonyl (C=O) groups is 2. The number of carboxylic acid groups (broad SMARTS) is 1. The van der Waals surface area contributed by atoms with Gasteiger partial charge in [-0.3, -0.25) is 9.59 Å². The smallest absolute Gasteiger partial charge is 0.323 e. The van der Waals surface area contributed by atoms with E-state index in [0.29, 0.717) is 23.7 Å². The first-order valence-corrected chi connectivity index (χ1v) is 7.29. The van der Waals surface area contributed by atoms with Crippen LogP contribution in [0.5, 0.6) is 11.5 Å². The van der Waals surface area contributed by atoms with E-state index < -0.39 is 12.5 Å². The summed E-state index contributed by atoms with van der Waals surface area (Å²) in [5.74, 6) is -0.306. The van der Waals surface area contributed by atoms with Gasteiger partial charge in [0, 0.05) is 19.2 Å². The molecule has 1 N–H and O–H groups in total. The fourth-order valence-corrected chi connectivity index (χ4v) is 1.97. The zero-order valence-corrected chi connectivity index (χ0v) is 13.7. The van der Waals surface area contributed by atoms with Gasteiger partial charge in [0.15, 0.2) is 0 Å². The predicted molar refractivity (Wildman–Crippen MR) is 83.7 cm³/mol. The maximum Gasteiger partial charge on any atom is 0.323 e. The minimum atomic E-state index is -1.08. The van der Waals surface area contributed by atoms with Crippen LogP contribution in [0.3, 0.4) is 0 Å². The summed E-state index contributed by atoms with van der Waals surface area (Å²) in [5.41, 5.74) is 0.714. The Morgan fingerprint density at radius 3 is 2.22 bits per heavy atom. The maximum atomic E-state index is 12.1. The molecule has 0 heterocycles. The molecule has 0 bridgehead atoms. The third-order valence-electron chi connectivity index (χ3n) is 3.04. The molecule has 0 aliphatic rings. The third kappa shape index (κ3) is 6.56. The van der Waals surface area contributed by atoms with Crippen LogP contribution < -0.4 is 9.47 Å². The van der Waals surface area contributed by atoms with Crippen molar-refractivity contribution in [2.24, 2.45) is 0 Å². The normalized spacial score (nSPS) is 10.2. The number of amides is 1. The van der Waals surface area contributed by atoms with Crippen LogP contribution in [0.15, 0.2) is 18.2 Å². The third-order valence-corrected chi connectivity index (χ3v) is 3.04. The van der Waals surface area contributed by atoms with E-state index in [1.807, 2.05) is 6.92 Å². The number of ether oxygens (including phenoxy) is 3. The van der Waals surface area contributed by atoms with Gasteiger partial charge in [-0.2, -0.15) is 0 Å². The highest BCUT2D eigenvalue weighted by Gasteiger charge is 2.18. The molecule has 0 aliphatic carbocycles. The lowest BCUT2D eigenvalue weighted by molar-refractivity contribution is -0.147. The Kier molecular flexibility index (Phi) is 7.90. The molecule has 0 radical (unpaired) electrons. The molecule has 1 rings (SSSR count). The van der Waals surface area contributed by atoms with Gasteiger partial charge in [0.05, 0.1) is 14.2 Å². The van der Waals surface area contributed by atoms with Crippen molar-refractivity contribution in [3.63, 3.8) is 0 Å². The second kappa shape index (κ2) is 9.68. The topological polar surface area (TPSA) is 85.3 Å². The maximum absolute atomic E-state index is 12.1. The number of rotatable bonds is 10. The molecule has 0 aromatic heterocycles. The highest BCUT2D eigenvalue weighted by molar-refractivity contribution is 5.82. The number of hydrogen-bond donors (Lipinski definition) is 1. The average Bonchev–Trinajstić information content (AvgIpc) is 2.53. The Balaban J connectivity index is 2.87. The van der Waals surface area contributed by atoms with Gasteiger partial charge in [-0.1, -0.05) is 6.92 Å². The second-order valence-electron chi connectivity index (χ2n) is 4.92.